The number of ether oxygens (including phenoxy) is 1. The topological polar surface area (TPSA) is 34.1 Å². The van der Waals surface area contributed by atoms with Crippen molar-refractivity contribution >= 4 is 0 Å². The Hall–Kier alpha value is -1.94. The maximum atomic E-state index is 13.2. The molecule has 20 heavy (non-hydrogen) atoms. The molecule has 4 heteroatoms. The van der Waals surface area contributed by atoms with E-state index < -0.39 is 0 Å². The summed E-state index contributed by atoms with van der Waals surface area (Å²) in [7, 11) is 0. The van der Waals surface area contributed by atoms with E-state index in [0.29, 0.717) is 23.7 Å². The molecule has 106 valence electrons. The minimum absolute atomic E-state index is 0.233. The average molecular weight is 274 g/mol. The molecule has 1 aromatic heterocycles. The molecule has 0 saturated carbocycles. The molecule has 0 amide bonds. The first-order valence-corrected chi connectivity index (χ1v) is 6.79. The lowest BCUT2D eigenvalue weighted by Gasteiger charge is -2.08. The Morgan fingerprint density at radius 3 is 2.85 bits per heavy atom. The van der Waals surface area contributed by atoms with E-state index in [2.05, 4.69) is 17.2 Å². The van der Waals surface area contributed by atoms with E-state index in [-0.39, 0.29) is 5.82 Å². The lowest BCUT2D eigenvalue weighted by molar-refractivity contribution is 0.457. The molecular formula is C16H19FN2O. The van der Waals surface area contributed by atoms with Crippen LogP contribution in [-0.2, 0) is 6.54 Å². The summed E-state index contributed by atoms with van der Waals surface area (Å²) < 4.78 is 18.9. The van der Waals surface area contributed by atoms with Gasteiger partial charge in [0.15, 0.2) is 0 Å². The molecule has 2 aromatic rings. The first-order chi connectivity index (χ1) is 9.69. The van der Waals surface area contributed by atoms with Gasteiger partial charge in [-0.1, -0.05) is 13.0 Å². The minimum Gasteiger partial charge on any atom is -0.439 e. The fourth-order valence-corrected chi connectivity index (χ4v) is 1.81. The molecule has 0 fully saturated rings. The molecule has 1 heterocycles. The van der Waals surface area contributed by atoms with Crippen LogP contribution in [0.25, 0.3) is 0 Å². The smallest absolute Gasteiger partial charge is 0.219 e. The van der Waals surface area contributed by atoms with Gasteiger partial charge in [-0.2, -0.15) is 0 Å². The standard InChI is InChI=1S/C16H19FN2O/c1-3-9-18-11-13-5-4-6-16(19-13)20-14-7-8-15(17)12(2)10-14/h4-8,10,18H,3,9,11H2,1-2H3. The van der Waals surface area contributed by atoms with Crippen molar-refractivity contribution in [2.45, 2.75) is 26.8 Å². The zero-order valence-corrected chi connectivity index (χ0v) is 11.8. The summed E-state index contributed by atoms with van der Waals surface area (Å²) in [5, 5.41) is 3.29. The Balaban J connectivity index is 2.05. The summed E-state index contributed by atoms with van der Waals surface area (Å²) in [6, 6.07) is 10.3. The van der Waals surface area contributed by atoms with E-state index in [1.54, 1.807) is 25.1 Å². The third kappa shape index (κ3) is 4.03. The van der Waals surface area contributed by atoms with Gasteiger partial charge >= 0.3 is 0 Å². The summed E-state index contributed by atoms with van der Waals surface area (Å²) in [6.07, 6.45) is 1.09. The molecule has 1 aromatic carbocycles. The molecule has 0 aliphatic heterocycles. The Kier molecular flexibility index (Phi) is 5.07. The number of aryl methyl sites for hydroxylation is 1. The molecule has 3 nitrogen and oxygen atoms in total. The van der Waals surface area contributed by atoms with Crippen molar-refractivity contribution in [1.82, 2.24) is 10.3 Å². The van der Waals surface area contributed by atoms with Crippen LogP contribution in [0.2, 0.25) is 0 Å². The van der Waals surface area contributed by atoms with Gasteiger partial charge in [-0.25, -0.2) is 9.37 Å². The van der Waals surface area contributed by atoms with E-state index in [4.69, 9.17) is 4.74 Å². The number of rotatable bonds is 6. The number of hydrogen-bond donors (Lipinski definition) is 1. The molecule has 0 unspecified atom stereocenters. The van der Waals surface area contributed by atoms with Crippen molar-refractivity contribution in [3.63, 3.8) is 0 Å². The molecule has 0 atom stereocenters. The van der Waals surface area contributed by atoms with Gasteiger partial charge in [0.2, 0.25) is 5.88 Å². The highest BCUT2D eigenvalue weighted by atomic mass is 19.1. The van der Waals surface area contributed by atoms with Gasteiger partial charge in [0, 0.05) is 12.6 Å². The van der Waals surface area contributed by atoms with Gasteiger partial charge in [-0.3, -0.25) is 0 Å². The predicted molar refractivity (Wildman–Crippen MR) is 77.4 cm³/mol. The van der Waals surface area contributed by atoms with Crippen molar-refractivity contribution in [3.05, 3.63) is 53.5 Å². The van der Waals surface area contributed by atoms with Crippen LogP contribution >= 0.6 is 0 Å². The molecule has 2 rings (SSSR count). The zero-order chi connectivity index (χ0) is 14.4. The maximum absolute atomic E-state index is 13.2. The molecule has 0 aliphatic rings. The Morgan fingerprint density at radius 2 is 2.10 bits per heavy atom. The van der Waals surface area contributed by atoms with Crippen LogP contribution in [0, 0.1) is 12.7 Å². The lowest BCUT2D eigenvalue weighted by atomic mass is 10.2. The number of pyridine rings is 1. The van der Waals surface area contributed by atoms with Gasteiger partial charge < -0.3 is 10.1 Å². The number of hydrogen-bond acceptors (Lipinski definition) is 3. The van der Waals surface area contributed by atoms with Crippen molar-refractivity contribution in [2.24, 2.45) is 0 Å². The summed E-state index contributed by atoms with van der Waals surface area (Å²) in [5.41, 5.74) is 1.48. The molecular weight excluding hydrogens is 255 g/mol. The largest absolute Gasteiger partial charge is 0.439 e. The molecule has 0 radical (unpaired) electrons. The number of nitrogens with one attached hydrogen (secondary N) is 1. The van der Waals surface area contributed by atoms with E-state index >= 15 is 0 Å². The lowest BCUT2D eigenvalue weighted by Crippen LogP contribution is -2.14. The highest BCUT2D eigenvalue weighted by molar-refractivity contribution is 5.32. The second kappa shape index (κ2) is 7.01. The highest BCUT2D eigenvalue weighted by Crippen LogP contribution is 2.22. The Morgan fingerprint density at radius 1 is 1.25 bits per heavy atom. The van der Waals surface area contributed by atoms with Gasteiger partial charge in [0.25, 0.3) is 0 Å². The van der Waals surface area contributed by atoms with Crippen LogP contribution in [0.3, 0.4) is 0 Å². The number of aromatic nitrogens is 1. The third-order valence-corrected chi connectivity index (χ3v) is 2.87. The molecule has 0 aliphatic carbocycles. The second-order valence-corrected chi connectivity index (χ2v) is 4.66. The van der Waals surface area contributed by atoms with Crippen LogP contribution in [0.15, 0.2) is 36.4 Å². The summed E-state index contributed by atoms with van der Waals surface area (Å²) in [5.74, 6) is 0.879. The van der Waals surface area contributed by atoms with Crippen LogP contribution < -0.4 is 10.1 Å². The first kappa shape index (κ1) is 14.5. The van der Waals surface area contributed by atoms with Gasteiger partial charge in [0.05, 0.1) is 5.69 Å². The summed E-state index contributed by atoms with van der Waals surface area (Å²) >= 11 is 0. The van der Waals surface area contributed by atoms with E-state index in [1.807, 2.05) is 12.1 Å². The van der Waals surface area contributed by atoms with Crippen molar-refractivity contribution in [2.75, 3.05) is 6.54 Å². The van der Waals surface area contributed by atoms with Crippen molar-refractivity contribution in [3.8, 4) is 11.6 Å². The van der Waals surface area contributed by atoms with E-state index in [9.17, 15) is 4.39 Å². The molecule has 0 spiro atoms. The Bertz CT molecular complexity index is 572. The number of benzene rings is 1. The highest BCUT2D eigenvalue weighted by Gasteiger charge is 2.03. The summed E-state index contributed by atoms with van der Waals surface area (Å²) in [6.45, 7) is 5.51. The third-order valence-electron chi connectivity index (χ3n) is 2.87. The summed E-state index contributed by atoms with van der Waals surface area (Å²) in [4.78, 5) is 4.41. The zero-order valence-electron chi connectivity index (χ0n) is 11.8. The molecule has 0 bridgehead atoms. The van der Waals surface area contributed by atoms with Gasteiger partial charge in [-0.15, -0.1) is 0 Å². The minimum atomic E-state index is -0.233. The van der Waals surface area contributed by atoms with E-state index in [0.717, 1.165) is 18.7 Å². The van der Waals surface area contributed by atoms with Crippen LogP contribution in [0.4, 0.5) is 4.39 Å². The SMILES string of the molecule is CCCNCc1cccc(Oc2ccc(F)c(C)c2)n1. The predicted octanol–water partition coefficient (Wildman–Crippen LogP) is 3.82. The fourth-order valence-electron chi connectivity index (χ4n) is 1.81. The monoisotopic (exact) mass is 274 g/mol. The van der Waals surface area contributed by atoms with Crippen LogP contribution in [0.1, 0.15) is 24.6 Å². The van der Waals surface area contributed by atoms with Gasteiger partial charge in [-0.05, 0) is 49.7 Å². The normalized spacial score (nSPS) is 10.6. The molecule has 0 saturated heterocycles. The van der Waals surface area contributed by atoms with Crippen molar-refractivity contribution < 1.29 is 9.13 Å². The second-order valence-electron chi connectivity index (χ2n) is 4.66. The molecule has 1 N–H and O–H groups in total. The Labute approximate surface area is 118 Å². The number of halogens is 1. The fraction of sp³-hybridized carbons (Fsp3) is 0.312. The first-order valence-electron chi connectivity index (χ1n) is 6.79. The van der Waals surface area contributed by atoms with Crippen LogP contribution in [0.5, 0.6) is 11.6 Å². The quantitative estimate of drug-likeness (QED) is 0.813. The van der Waals surface area contributed by atoms with Gasteiger partial charge in [0.1, 0.15) is 11.6 Å². The van der Waals surface area contributed by atoms with Crippen LogP contribution in [-0.4, -0.2) is 11.5 Å². The van der Waals surface area contributed by atoms with E-state index in [1.165, 1.54) is 6.07 Å². The maximum Gasteiger partial charge on any atom is 0.219 e. The number of nitrogens with zero attached hydrogens (tertiary/aromatic N) is 1. The van der Waals surface area contributed by atoms with Crippen molar-refractivity contribution in [1.29, 1.82) is 0 Å². The average Bonchev–Trinajstić information content (AvgIpc) is 2.44.